The molecule has 1 fully saturated rings. The zero-order valence-electron chi connectivity index (χ0n) is 16.8. The molecule has 0 radical (unpaired) electrons. The summed E-state index contributed by atoms with van der Waals surface area (Å²) in [6.45, 7) is 3.44. The van der Waals surface area contributed by atoms with Crippen molar-refractivity contribution in [1.82, 2.24) is 25.6 Å². The summed E-state index contributed by atoms with van der Waals surface area (Å²) >= 11 is 3.01. The Labute approximate surface area is 186 Å². The first-order valence-electron chi connectivity index (χ1n) is 9.92. The van der Waals surface area contributed by atoms with Gasteiger partial charge < -0.3 is 19.0 Å². The lowest BCUT2D eigenvalue weighted by molar-refractivity contribution is 0.120. The van der Waals surface area contributed by atoms with Crippen LogP contribution in [0.2, 0.25) is 0 Å². The van der Waals surface area contributed by atoms with Crippen LogP contribution in [0.25, 0.3) is 22.7 Å². The summed E-state index contributed by atoms with van der Waals surface area (Å²) < 4.78 is 17.7. The molecule has 160 valence electrons. The number of aryl methyl sites for hydroxylation is 1. The molecule has 0 aliphatic carbocycles. The van der Waals surface area contributed by atoms with Gasteiger partial charge in [0, 0.05) is 18.7 Å². The van der Waals surface area contributed by atoms with Crippen LogP contribution in [0, 0.1) is 6.92 Å². The maximum absolute atomic E-state index is 5.90. The topological polar surface area (TPSA) is 112 Å². The van der Waals surface area contributed by atoms with Gasteiger partial charge >= 0.3 is 0 Å². The molecule has 3 aromatic heterocycles. The second kappa shape index (κ2) is 9.16. The molecule has 1 aliphatic rings. The Morgan fingerprint density at radius 3 is 2.90 bits per heavy atom. The SMILES string of the molecule is Cc1onc(-c2ccccc2)c1-c1nnc(CSc2nnc(NC[C@@H]3CCCO3)s2)o1. The van der Waals surface area contributed by atoms with Crippen molar-refractivity contribution in [2.24, 2.45) is 0 Å². The minimum absolute atomic E-state index is 0.262. The average Bonchev–Trinajstić information content (AvgIpc) is 3.59. The van der Waals surface area contributed by atoms with E-state index in [9.17, 15) is 0 Å². The Morgan fingerprint density at radius 1 is 1.16 bits per heavy atom. The molecule has 4 aromatic rings. The van der Waals surface area contributed by atoms with Crippen LogP contribution in [0.15, 0.2) is 43.6 Å². The fourth-order valence-electron chi connectivity index (χ4n) is 3.30. The Kier molecular flexibility index (Phi) is 5.96. The average molecular weight is 457 g/mol. The summed E-state index contributed by atoms with van der Waals surface area (Å²) in [6.07, 6.45) is 2.47. The Bertz CT molecular complexity index is 1140. The maximum atomic E-state index is 5.90. The van der Waals surface area contributed by atoms with Crippen molar-refractivity contribution in [1.29, 1.82) is 0 Å². The van der Waals surface area contributed by atoms with E-state index in [1.165, 1.54) is 23.1 Å². The number of aromatic nitrogens is 5. The zero-order valence-corrected chi connectivity index (χ0v) is 18.4. The molecule has 1 aliphatic heterocycles. The van der Waals surface area contributed by atoms with Crippen LogP contribution in [0.5, 0.6) is 0 Å². The number of anilines is 1. The van der Waals surface area contributed by atoms with Gasteiger partial charge in [-0.1, -0.05) is 58.6 Å². The van der Waals surface area contributed by atoms with Gasteiger partial charge in [-0.2, -0.15) is 0 Å². The molecule has 0 spiro atoms. The van der Waals surface area contributed by atoms with Crippen molar-refractivity contribution in [3.05, 3.63) is 42.0 Å². The summed E-state index contributed by atoms with van der Waals surface area (Å²) in [5.41, 5.74) is 2.33. The van der Waals surface area contributed by atoms with E-state index in [4.69, 9.17) is 13.7 Å². The van der Waals surface area contributed by atoms with Crippen LogP contribution < -0.4 is 5.32 Å². The second-order valence-electron chi connectivity index (χ2n) is 7.01. The summed E-state index contributed by atoms with van der Waals surface area (Å²) in [7, 11) is 0. The molecule has 1 saturated heterocycles. The van der Waals surface area contributed by atoms with Crippen molar-refractivity contribution in [2.45, 2.75) is 36.0 Å². The van der Waals surface area contributed by atoms with Gasteiger partial charge in [0.05, 0.1) is 11.9 Å². The monoisotopic (exact) mass is 456 g/mol. The van der Waals surface area contributed by atoms with E-state index in [0.29, 0.717) is 34.6 Å². The van der Waals surface area contributed by atoms with E-state index in [2.05, 4.69) is 30.9 Å². The lowest BCUT2D eigenvalue weighted by Gasteiger charge is -2.08. The fraction of sp³-hybridized carbons (Fsp3) is 0.350. The van der Waals surface area contributed by atoms with Crippen LogP contribution in [-0.4, -0.2) is 44.8 Å². The summed E-state index contributed by atoms with van der Waals surface area (Å²) in [4.78, 5) is 0. The van der Waals surface area contributed by atoms with Gasteiger partial charge in [0.15, 0.2) is 4.34 Å². The molecule has 1 aromatic carbocycles. The molecule has 31 heavy (non-hydrogen) atoms. The summed E-state index contributed by atoms with van der Waals surface area (Å²) in [6, 6.07) is 9.78. The molecular weight excluding hydrogens is 436 g/mol. The van der Waals surface area contributed by atoms with Gasteiger partial charge in [0.2, 0.25) is 11.0 Å². The third kappa shape index (κ3) is 4.63. The predicted molar refractivity (Wildman–Crippen MR) is 117 cm³/mol. The Balaban J connectivity index is 1.23. The minimum Gasteiger partial charge on any atom is -0.420 e. The maximum Gasteiger partial charge on any atom is 0.253 e. The highest BCUT2D eigenvalue weighted by atomic mass is 32.2. The highest BCUT2D eigenvalue weighted by molar-refractivity contribution is 8.00. The van der Waals surface area contributed by atoms with Gasteiger partial charge in [0.1, 0.15) is 17.0 Å². The summed E-state index contributed by atoms with van der Waals surface area (Å²) in [5, 5.41) is 25.0. The molecule has 0 bridgehead atoms. The third-order valence-corrected chi connectivity index (χ3v) is 6.82. The largest absolute Gasteiger partial charge is 0.420 e. The number of nitrogens with one attached hydrogen (secondary N) is 1. The first-order chi connectivity index (χ1) is 15.3. The fourth-order valence-corrected chi connectivity index (χ4v) is 4.90. The highest BCUT2D eigenvalue weighted by Crippen LogP contribution is 2.34. The molecule has 0 saturated carbocycles. The van der Waals surface area contributed by atoms with E-state index in [1.807, 2.05) is 37.3 Å². The van der Waals surface area contributed by atoms with Crippen molar-refractivity contribution >= 4 is 28.2 Å². The molecule has 1 atom stereocenters. The molecule has 0 unspecified atom stereocenters. The molecule has 11 heteroatoms. The van der Waals surface area contributed by atoms with Crippen molar-refractivity contribution in [2.75, 3.05) is 18.5 Å². The van der Waals surface area contributed by atoms with E-state index in [1.54, 1.807) is 0 Å². The lowest BCUT2D eigenvalue weighted by atomic mass is 10.1. The van der Waals surface area contributed by atoms with Crippen LogP contribution >= 0.6 is 23.1 Å². The molecular formula is C20H20N6O3S2. The normalized spacial score (nSPS) is 16.1. The van der Waals surface area contributed by atoms with Crippen molar-refractivity contribution in [3.8, 4) is 22.7 Å². The zero-order chi connectivity index (χ0) is 21.0. The molecule has 0 amide bonds. The predicted octanol–water partition coefficient (Wildman–Crippen LogP) is 4.43. The molecule has 4 heterocycles. The van der Waals surface area contributed by atoms with Crippen LogP contribution in [-0.2, 0) is 10.5 Å². The highest BCUT2D eigenvalue weighted by Gasteiger charge is 2.22. The van der Waals surface area contributed by atoms with Crippen LogP contribution in [0.4, 0.5) is 5.13 Å². The number of benzene rings is 1. The van der Waals surface area contributed by atoms with E-state index in [-0.39, 0.29) is 6.10 Å². The second-order valence-corrected chi connectivity index (χ2v) is 9.21. The van der Waals surface area contributed by atoms with Gasteiger partial charge in [-0.25, -0.2) is 0 Å². The van der Waals surface area contributed by atoms with Gasteiger partial charge in [-0.15, -0.1) is 20.4 Å². The van der Waals surface area contributed by atoms with Crippen molar-refractivity contribution < 1.29 is 13.7 Å². The minimum atomic E-state index is 0.262. The van der Waals surface area contributed by atoms with Gasteiger partial charge in [0.25, 0.3) is 5.89 Å². The number of ether oxygens (including phenoxy) is 1. The standard InChI is InChI=1S/C20H20N6O3S2/c1-12-16(17(26-29-12)13-6-3-2-4-7-13)18-23-22-15(28-18)11-30-20-25-24-19(31-20)21-10-14-8-5-9-27-14/h2-4,6-7,14H,5,8-11H2,1H3,(H,21,24)/t14-/m0/s1. The summed E-state index contributed by atoms with van der Waals surface area (Å²) in [5.74, 6) is 2.03. The first-order valence-corrected chi connectivity index (χ1v) is 11.7. The number of thioether (sulfide) groups is 1. The smallest absolute Gasteiger partial charge is 0.253 e. The number of hydrogen-bond acceptors (Lipinski definition) is 11. The van der Waals surface area contributed by atoms with E-state index < -0.39 is 0 Å². The van der Waals surface area contributed by atoms with Gasteiger partial charge in [-0.05, 0) is 19.8 Å². The van der Waals surface area contributed by atoms with Crippen molar-refractivity contribution in [3.63, 3.8) is 0 Å². The number of hydrogen-bond donors (Lipinski definition) is 1. The number of rotatable bonds is 8. The molecule has 9 nitrogen and oxygen atoms in total. The Morgan fingerprint density at radius 2 is 2.06 bits per heavy atom. The lowest BCUT2D eigenvalue weighted by Crippen LogP contribution is -2.18. The van der Waals surface area contributed by atoms with E-state index >= 15 is 0 Å². The quantitative estimate of drug-likeness (QED) is 0.382. The van der Waals surface area contributed by atoms with Gasteiger partial charge in [-0.3, -0.25) is 0 Å². The third-order valence-electron chi connectivity index (χ3n) is 4.82. The van der Waals surface area contributed by atoms with Crippen LogP contribution in [0.1, 0.15) is 24.5 Å². The van der Waals surface area contributed by atoms with Crippen LogP contribution in [0.3, 0.4) is 0 Å². The number of nitrogens with zero attached hydrogens (tertiary/aromatic N) is 5. The molecule has 5 rings (SSSR count). The molecule has 1 N–H and O–H groups in total. The first kappa shape index (κ1) is 20.2. The van der Waals surface area contributed by atoms with E-state index in [0.717, 1.165) is 41.0 Å². The Hall–Kier alpha value is -2.76.